The minimum Gasteiger partial charge on any atom is -0.487 e. The van der Waals surface area contributed by atoms with Crippen LogP contribution >= 0.6 is 0 Å². The number of H-pyrrole nitrogens is 1. The maximum Gasteiger partial charge on any atom is 0.417 e. The first kappa shape index (κ1) is 16.9. The van der Waals surface area contributed by atoms with Crippen LogP contribution in [0.2, 0.25) is 0 Å². The summed E-state index contributed by atoms with van der Waals surface area (Å²) in [6.07, 6.45) is -1.62. The third-order valence-electron chi connectivity index (χ3n) is 3.59. The Kier molecular flexibility index (Phi) is 4.97. The highest BCUT2D eigenvalue weighted by atomic mass is 16.6. The fraction of sp³-hybridized carbons (Fsp3) is 0.222. The molecule has 1 aromatic heterocycles. The van der Waals surface area contributed by atoms with Gasteiger partial charge >= 0.3 is 5.76 Å². The lowest BCUT2D eigenvalue weighted by Crippen LogP contribution is -2.24. The Morgan fingerprint density at radius 2 is 2.00 bits per heavy atom. The number of aromatic amines is 1. The highest BCUT2D eigenvalue weighted by molar-refractivity contribution is 6.08. The molecule has 7 nitrogen and oxygen atoms in total. The minimum atomic E-state index is -1.62. The molecule has 0 radical (unpaired) electrons. The molecule has 3 aromatic rings. The standard InChI is InChI=1S/C18H17NO6/c1-2-23-17(21)15(20)12-8-9-13(14-16(12)25-18(22)19-14)24-10-11-6-4-3-5-7-11/h3-9,17,21H,2,10H2,1H3,(H,19,22). The van der Waals surface area contributed by atoms with E-state index >= 15 is 0 Å². The Balaban J connectivity index is 1.93. The number of ether oxygens (including phenoxy) is 2. The number of aliphatic hydroxyl groups is 1. The number of hydrogen-bond donors (Lipinski definition) is 2. The van der Waals surface area contributed by atoms with E-state index in [4.69, 9.17) is 13.9 Å². The van der Waals surface area contributed by atoms with E-state index in [-0.39, 0.29) is 29.9 Å². The molecule has 0 bridgehead atoms. The van der Waals surface area contributed by atoms with Gasteiger partial charge < -0.3 is 19.0 Å². The molecule has 0 aliphatic heterocycles. The molecule has 2 N–H and O–H groups in total. The van der Waals surface area contributed by atoms with Gasteiger partial charge in [-0.1, -0.05) is 30.3 Å². The Morgan fingerprint density at radius 3 is 2.72 bits per heavy atom. The lowest BCUT2D eigenvalue weighted by Gasteiger charge is -2.11. The van der Waals surface area contributed by atoms with Crippen molar-refractivity contribution in [1.82, 2.24) is 4.98 Å². The van der Waals surface area contributed by atoms with Crippen LogP contribution in [-0.4, -0.2) is 28.8 Å². The van der Waals surface area contributed by atoms with E-state index in [2.05, 4.69) is 4.98 Å². The molecule has 7 heteroatoms. The van der Waals surface area contributed by atoms with Crippen molar-refractivity contribution < 1.29 is 23.8 Å². The smallest absolute Gasteiger partial charge is 0.417 e. The fourth-order valence-corrected chi connectivity index (χ4v) is 2.43. The molecule has 0 fully saturated rings. The van der Waals surface area contributed by atoms with Crippen molar-refractivity contribution in [3.8, 4) is 5.75 Å². The molecule has 2 aromatic carbocycles. The number of fused-ring (bicyclic) bond motifs is 1. The van der Waals surface area contributed by atoms with Crippen LogP contribution in [0.3, 0.4) is 0 Å². The van der Waals surface area contributed by atoms with E-state index in [0.717, 1.165) is 5.56 Å². The lowest BCUT2D eigenvalue weighted by molar-refractivity contribution is -0.0674. The van der Waals surface area contributed by atoms with Crippen LogP contribution in [0.1, 0.15) is 22.8 Å². The van der Waals surface area contributed by atoms with Gasteiger partial charge in [0.25, 0.3) is 0 Å². The maximum absolute atomic E-state index is 12.3. The molecule has 0 aliphatic rings. The first-order chi connectivity index (χ1) is 12.1. The van der Waals surface area contributed by atoms with Crippen molar-refractivity contribution in [3.63, 3.8) is 0 Å². The lowest BCUT2D eigenvalue weighted by atomic mass is 10.1. The first-order valence-electron chi connectivity index (χ1n) is 7.76. The summed E-state index contributed by atoms with van der Waals surface area (Å²) < 4.78 is 15.7. The largest absolute Gasteiger partial charge is 0.487 e. The molecule has 1 unspecified atom stereocenters. The number of aromatic nitrogens is 1. The number of carbonyl (C=O) groups is 1. The zero-order valence-electron chi connectivity index (χ0n) is 13.5. The predicted octanol–water partition coefficient (Wildman–Crippen LogP) is 2.24. The zero-order valence-corrected chi connectivity index (χ0v) is 13.5. The third kappa shape index (κ3) is 3.62. The zero-order chi connectivity index (χ0) is 17.8. The molecule has 25 heavy (non-hydrogen) atoms. The van der Waals surface area contributed by atoms with Gasteiger partial charge in [0.05, 0.1) is 5.56 Å². The van der Waals surface area contributed by atoms with Crippen molar-refractivity contribution >= 4 is 16.9 Å². The van der Waals surface area contributed by atoms with Gasteiger partial charge in [0.1, 0.15) is 17.9 Å². The van der Waals surface area contributed by atoms with Crippen molar-refractivity contribution in [1.29, 1.82) is 0 Å². The molecule has 130 valence electrons. The minimum absolute atomic E-state index is 0.0271. The first-order valence-corrected chi connectivity index (χ1v) is 7.76. The molecule has 3 rings (SSSR count). The van der Waals surface area contributed by atoms with Crippen LogP contribution < -0.4 is 10.5 Å². The number of nitrogens with one attached hydrogen (secondary N) is 1. The highest BCUT2D eigenvalue weighted by Gasteiger charge is 2.23. The van der Waals surface area contributed by atoms with Gasteiger partial charge in [-0.3, -0.25) is 9.78 Å². The van der Waals surface area contributed by atoms with Crippen molar-refractivity contribution in [2.45, 2.75) is 19.8 Å². The second-order valence-electron chi connectivity index (χ2n) is 5.28. The van der Waals surface area contributed by atoms with E-state index in [1.165, 1.54) is 6.07 Å². The number of benzene rings is 2. The van der Waals surface area contributed by atoms with Crippen LogP contribution in [0.5, 0.6) is 5.75 Å². The summed E-state index contributed by atoms with van der Waals surface area (Å²) in [5, 5.41) is 9.73. The Bertz CT molecular complexity index is 928. The van der Waals surface area contributed by atoms with Crippen molar-refractivity contribution in [2.75, 3.05) is 6.61 Å². The average molecular weight is 343 g/mol. The quantitative estimate of drug-likeness (QED) is 0.504. The summed E-state index contributed by atoms with van der Waals surface area (Å²) in [5.74, 6) is -1.04. The molecule has 1 heterocycles. The van der Waals surface area contributed by atoms with Gasteiger partial charge in [-0.2, -0.15) is 0 Å². The fourth-order valence-electron chi connectivity index (χ4n) is 2.43. The number of oxazole rings is 1. The number of ketones is 1. The van der Waals surface area contributed by atoms with E-state index < -0.39 is 17.8 Å². The molecule has 0 aliphatic carbocycles. The van der Waals surface area contributed by atoms with Crippen LogP contribution in [0.15, 0.2) is 51.7 Å². The van der Waals surface area contributed by atoms with Gasteiger partial charge in [-0.05, 0) is 24.6 Å². The van der Waals surface area contributed by atoms with Gasteiger partial charge in [-0.25, -0.2) is 4.79 Å². The van der Waals surface area contributed by atoms with Crippen LogP contribution in [0, 0.1) is 0 Å². The summed E-state index contributed by atoms with van der Waals surface area (Å²) in [5.41, 5.74) is 1.28. The van der Waals surface area contributed by atoms with E-state index in [1.54, 1.807) is 13.0 Å². The van der Waals surface area contributed by atoms with Gasteiger partial charge in [-0.15, -0.1) is 0 Å². The second kappa shape index (κ2) is 7.33. The summed E-state index contributed by atoms with van der Waals surface area (Å²) in [6, 6.07) is 12.5. The van der Waals surface area contributed by atoms with Gasteiger partial charge in [0.2, 0.25) is 12.1 Å². The molecule has 0 saturated heterocycles. The molecule has 1 atom stereocenters. The molecule has 0 spiro atoms. The molecular weight excluding hydrogens is 326 g/mol. The molecular formula is C18H17NO6. The predicted molar refractivity (Wildman–Crippen MR) is 89.6 cm³/mol. The summed E-state index contributed by atoms with van der Waals surface area (Å²) in [4.78, 5) is 26.4. The van der Waals surface area contributed by atoms with Crippen LogP contribution in [-0.2, 0) is 11.3 Å². The number of hydrogen-bond acceptors (Lipinski definition) is 6. The maximum atomic E-state index is 12.3. The second-order valence-corrected chi connectivity index (χ2v) is 5.28. The topological polar surface area (TPSA) is 102 Å². The van der Waals surface area contributed by atoms with Crippen LogP contribution in [0.25, 0.3) is 11.1 Å². The van der Waals surface area contributed by atoms with E-state index in [9.17, 15) is 14.7 Å². The highest BCUT2D eigenvalue weighted by Crippen LogP contribution is 2.28. The van der Waals surface area contributed by atoms with Crippen LogP contribution in [0.4, 0.5) is 0 Å². The number of carbonyl (C=O) groups excluding carboxylic acids is 1. The molecule has 0 amide bonds. The molecule has 0 saturated carbocycles. The van der Waals surface area contributed by atoms with Gasteiger partial charge in [0, 0.05) is 6.61 Å². The summed E-state index contributed by atoms with van der Waals surface area (Å²) in [6.45, 7) is 2.12. The number of Topliss-reactive ketones (excluding diaryl/α,β-unsaturated/α-hetero) is 1. The Labute approximate surface area is 142 Å². The summed E-state index contributed by atoms with van der Waals surface area (Å²) >= 11 is 0. The van der Waals surface area contributed by atoms with E-state index in [0.29, 0.717) is 5.75 Å². The number of rotatable bonds is 7. The van der Waals surface area contributed by atoms with Crippen molar-refractivity contribution in [2.24, 2.45) is 0 Å². The SMILES string of the molecule is CCOC(O)C(=O)c1ccc(OCc2ccccc2)c2[nH]c(=O)oc12. The summed E-state index contributed by atoms with van der Waals surface area (Å²) in [7, 11) is 0. The Hall–Kier alpha value is -2.90. The van der Waals surface area contributed by atoms with Gasteiger partial charge in [0.15, 0.2) is 5.58 Å². The Morgan fingerprint density at radius 1 is 1.24 bits per heavy atom. The monoisotopic (exact) mass is 343 g/mol. The average Bonchev–Trinajstić information content (AvgIpc) is 3.01. The number of aliphatic hydroxyl groups excluding tert-OH is 1. The van der Waals surface area contributed by atoms with E-state index in [1.807, 2.05) is 30.3 Å². The third-order valence-corrected chi connectivity index (χ3v) is 3.59. The van der Waals surface area contributed by atoms with Crippen molar-refractivity contribution in [3.05, 3.63) is 64.1 Å². The normalized spacial score (nSPS) is 12.2.